The van der Waals surface area contributed by atoms with E-state index in [1.54, 1.807) is 18.2 Å². The summed E-state index contributed by atoms with van der Waals surface area (Å²) in [5.41, 5.74) is 4.98. The van der Waals surface area contributed by atoms with Crippen LogP contribution in [-0.2, 0) is 0 Å². The third-order valence-electron chi connectivity index (χ3n) is 6.44. The van der Waals surface area contributed by atoms with Crippen LogP contribution in [0.25, 0.3) is 0 Å². The maximum Gasteiger partial charge on any atom is 0.261 e. The van der Waals surface area contributed by atoms with Crippen molar-refractivity contribution in [2.24, 2.45) is 0 Å². The quantitative estimate of drug-likeness (QED) is 0.694. The Labute approximate surface area is 183 Å². The number of aryl methyl sites for hydroxylation is 1. The molecule has 2 aliphatic rings. The Kier molecular flexibility index (Phi) is 5.81. The van der Waals surface area contributed by atoms with E-state index in [2.05, 4.69) is 36.9 Å². The van der Waals surface area contributed by atoms with Crippen LogP contribution >= 0.6 is 0 Å². The fourth-order valence-electron chi connectivity index (χ4n) is 4.35. The van der Waals surface area contributed by atoms with Crippen molar-refractivity contribution >= 4 is 23.4 Å². The number of piperazine rings is 1. The summed E-state index contributed by atoms with van der Waals surface area (Å²) < 4.78 is 0. The van der Waals surface area contributed by atoms with E-state index in [1.807, 2.05) is 11.8 Å². The number of anilines is 1. The molecule has 0 N–H and O–H groups in total. The van der Waals surface area contributed by atoms with Crippen LogP contribution in [0.3, 0.4) is 0 Å². The Hall–Kier alpha value is -3.15. The highest BCUT2D eigenvalue weighted by atomic mass is 16.2. The lowest BCUT2D eigenvalue weighted by Crippen LogP contribution is -2.49. The van der Waals surface area contributed by atoms with Gasteiger partial charge in [0.25, 0.3) is 17.7 Å². The van der Waals surface area contributed by atoms with E-state index >= 15 is 0 Å². The maximum atomic E-state index is 13.1. The topological polar surface area (TPSA) is 60.9 Å². The van der Waals surface area contributed by atoms with Crippen molar-refractivity contribution in [2.45, 2.75) is 33.6 Å². The summed E-state index contributed by atoms with van der Waals surface area (Å²) in [7, 11) is 0. The highest BCUT2D eigenvalue weighted by molar-refractivity contribution is 6.22. The lowest BCUT2D eigenvalue weighted by Gasteiger charge is -2.37. The lowest BCUT2D eigenvalue weighted by molar-refractivity contribution is 0.0651. The third-order valence-corrected chi connectivity index (χ3v) is 6.44. The van der Waals surface area contributed by atoms with Crippen LogP contribution in [0.1, 0.15) is 62.0 Å². The third kappa shape index (κ3) is 3.82. The number of nitrogens with zero attached hydrogens (tertiary/aromatic N) is 3. The van der Waals surface area contributed by atoms with Gasteiger partial charge in [0.1, 0.15) is 0 Å². The Balaban J connectivity index is 1.46. The molecular formula is C25H29N3O3. The number of unbranched alkanes of at least 4 members (excludes halogenated alkanes) is 1. The molecule has 3 amide bonds. The molecule has 6 heteroatoms. The molecule has 1 saturated heterocycles. The van der Waals surface area contributed by atoms with Gasteiger partial charge in [-0.3, -0.25) is 19.3 Å². The monoisotopic (exact) mass is 419 g/mol. The molecule has 0 unspecified atom stereocenters. The number of benzene rings is 2. The molecule has 0 aromatic heterocycles. The minimum atomic E-state index is -0.289. The van der Waals surface area contributed by atoms with Crippen molar-refractivity contribution in [2.75, 3.05) is 37.6 Å². The first kappa shape index (κ1) is 21.1. The van der Waals surface area contributed by atoms with Gasteiger partial charge in [-0.2, -0.15) is 0 Å². The second-order valence-corrected chi connectivity index (χ2v) is 8.37. The van der Waals surface area contributed by atoms with Crippen molar-refractivity contribution in [3.63, 3.8) is 0 Å². The predicted molar refractivity (Wildman–Crippen MR) is 121 cm³/mol. The molecule has 31 heavy (non-hydrogen) atoms. The molecule has 6 nitrogen and oxygen atoms in total. The second kappa shape index (κ2) is 8.53. The fourth-order valence-corrected chi connectivity index (χ4v) is 4.35. The van der Waals surface area contributed by atoms with Gasteiger partial charge < -0.3 is 9.80 Å². The summed E-state index contributed by atoms with van der Waals surface area (Å²) in [5, 5.41) is 0. The highest BCUT2D eigenvalue weighted by Crippen LogP contribution is 2.27. The molecule has 0 spiro atoms. The SMILES string of the molecule is CCCCN1C(=O)c2ccc(C(=O)N3CCN(c4cccc(C)c4C)CC3)cc2C1=O. The number of amides is 3. The lowest BCUT2D eigenvalue weighted by atomic mass is 10.0. The standard InChI is InChI=1S/C25H29N3O3/c1-4-5-11-28-24(30)20-10-9-19(16-21(20)25(28)31)23(29)27-14-12-26(13-15-27)22-8-6-7-17(2)18(22)3/h6-10,16H,4-5,11-15H2,1-3H3. The Bertz CT molecular complexity index is 1040. The first-order valence-electron chi connectivity index (χ1n) is 11.0. The number of carbonyl (C=O) groups excluding carboxylic acids is 3. The number of carbonyl (C=O) groups is 3. The maximum absolute atomic E-state index is 13.1. The molecule has 0 saturated carbocycles. The van der Waals surface area contributed by atoms with Crippen molar-refractivity contribution in [3.8, 4) is 0 Å². The summed E-state index contributed by atoms with van der Waals surface area (Å²) >= 11 is 0. The van der Waals surface area contributed by atoms with E-state index < -0.39 is 0 Å². The van der Waals surface area contributed by atoms with E-state index in [1.165, 1.54) is 21.7 Å². The zero-order chi connectivity index (χ0) is 22.1. The van der Waals surface area contributed by atoms with E-state index in [0.717, 1.165) is 25.9 Å². The van der Waals surface area contributed by atoms with Gasteiger partial charge in [0.05, 0.1) is 11.1 Å². The average molecular weight is 420 g/mol. The van der Waals surface area contributed by atoms with E-state index in [9.17, 15) is 14.4 Å². The molecule has 0 bridgehead atoms. The number of hydrogen-bond acceptors (Lipinski definition) is 4. The van der Waals surface area contributed by atoms with Gasteiger partial charge in [-0.05, 0) is 55.7 Å². The van der Waals surface area contributed by atoms with Gasteiger partial charge in [0.2, 0.25) is 0 Å². The number of hydrogen-bond donors (Lipinski definition) is 0. The molecule has 0 atom stereocenters. The molecular weight excluding hydrogens is 390 g/mol. The highest BCUT2D eigenvalue weighted by Gasteiger charge is 2.36. The average Bonchev–Trinajstić information content (AvgIpc) is 3.03. The van der Waals surface area contributed by atoms with Gasteiger partial charge in [-0.15, -0.1) is 0 Å². The Morgan fingerprint density at radius 1 is 0.935 bits per heavy atom. The molecule has 162 valence electrons. The number of imide groups is 1. The molecule has 2 aromatic carbocycles. The van der Waals surface area contributed by atoms with Crippen molar-refractivity contribution in [1.29, 1.82) is 0 Å². The normalized spacial score (nSPS) is 16.2. The zero-order valence-corrected chi connectivity index (χ0v) is 18.5. The largest absolute Gasteiger partial charge is 0.368 e. The second-order valence-electron chi connectivity index (χ2n) is 8.37. The van der Waals surface area contributed by atoms with E-state index in [4.69, 9.17) is 0 Å². The zero-order valence-electron chi connectivity index (χ0n) is 18.5. The smallest absolute Gasteiger partial charge is 0.261 e. The van der Waals surface area contributed by atoms with Crippen LogP contribution in [-0.4, -0.2) is 60.2 Å². The summed E-state index contributed by atoms with van der Waals surface area (Å²) in [4.78, 5) is 43.8. The van der Waals surface area contributed by atoms with Crippen LogP contribution in [0, 0.1) is 13.8 Å². The van der Waals surface area contributed by atoms with Gasteiger partial charge in [-0.25, -0.2) is 0 Å². The summed E-state index contributed by atoms with van der Waals surface area (Å²) in [5.74, 6) is -0.631. The molecule has 4 rings (SSSR count). The molecule has 1 fully saturated rings. The van der Waals surface area contributed by atoms with Crippen LogP contribution in [0.4, 0.5) is 5.69 Å². The van der Waals surface area contributed by atoms with Crippen molar-refractivity contribution < 1.29 is 14.4 Å². The first-order chi connectivity index (χ1) is 14.9. The van der Waals surface area contributed by atoms with Gasteiger partial charge >= 0.3 is 0 Å². The van der Waals surface area contributed by atoms with Crippen LogP contribution < -0.4 is 4.90 Å². The molecule has 2 aromatic rings. The molecule has 0 radical (unpaired) electrons. The summed E-state index contributed by atoms with van der Waals surface area (Å²) in [6.07, 6.45) is 1.69. The van der Waals surface area contributed by atoms with Gasteiger partial charge in [0, 0.05) is 44.0 Å². The minimum Gasteiger partial charge on any atom is -0.368 e. The van der Waals surface area contributed by atoms with Gasteiger partial charge in [-0.1, -0.05) is 25.5 Å². The molecule has 2 heterocycles. The minimum absolute atomic E-state index is 0.0873. The first-order valence-corrected chi connectivity index (χ1v) is 11.0. The van der Waals surface area contributed by atoms with Crippen LogP contribution in [0.5, 0.6) is 0 Å². The molecule has 0 aliphatic carbocycles. The molecule has 2 aliphatic heterocycles. The van der Waals surface area contributed by atoms with Crippen molar-refractivity contribution in [1.82, 2.24) is 9.80 Å². The Morgan fingerprint density at radius 2 is 1.65 bits per heavy atom. The van der Waals surface area contributed by atoms with E-state index in [0.29, 0.717) is 36.3 Å². The van der Waals surface area contributed by atoms with E-state index in [-0.39, 0.29) is 17.7 Å². The number of fused-ring (bicyclic) bond motifs is 1. The van der Waals surface area contributed by atoms with Crippen LogP contribution in [0.2, 0.25) is 0 Å². The summed E-state index contributed by atoms with van der Waals surface area (Å²) in [6, 6.07) is 11.2. The predicted octanol–water partition coefficient (Wildman–Crippen LogP) is 3.66. The van der Waals surface area contributed by atoms with Crippen molar-refractivity contribution in [3.05, 3.63) is 64.2 Å². The van der Waals surface area contributed by atoms with Crippen LogP contribution in [0.15, 0.2) is 36.4 Å². The Morgan fingerprint density at radius 3 is 2.35 bits per heavy atom. The number of rotatable bonds is 5. The summed E-state index contributed by atoms with van der Waals surface area (Å²) in [6.45, 7) is 9.47. The fraction of sp³-hybridized carbons (Fsp3) is 0.400. The van der Waals surface area contributed by atoms with Gasteiger partial charge in [0.15, 0.2) is 0 Å².